The van der Waals surface area contributed by atoms with Crippen molar-refractivity contribution in [3.8, 4) is 5.75 Å². The van der Waals surface area contributed by atoms with Crippen molar-refractivity contribution in [3.05, 3.63) is 29.5 Å². The summed E-state index contributed by atoms with van der Waals surface area (Å²) >= 11 is 0. The lowest BCUT2D eigenvalue weighted by Crippen LogP contribution is -2.39. The number of furan rings is 1. The third-order valence-corrected chi connectivity index (χ3v) is 4.76. The van der Waals surface area contributed by atoms with Crippen molar-refractivity contribution in [3.63, 3.8) is 0 Å². The number of methoxy groups -OCH3 is 1. The van der Waals surface area contributed by atoms with Crippen LogP contribution in [0.1, 0.15) is 42.8 Å². The molecule has 0 atom stereocenters. The van der Waals surface area contributed by atoms with Crippen LogP contribution in [0.25, 0.3) is 11.0 Å². The zero-order valence-corrected chi connectivity index (χ0v) is 14.2. The minimum atomic E-state index is -0.277. The van der Waals surface area contributed by atoms with E-state index in [0.29, 0.717) is 29.2 Å². The maximum absolute atomic E-state index is 12.6. The molecule has 0 saturated carbocycles. The molecule has 1 amide bonds. The van der Waals surface area contributed by atoms with Gasteiger partial charge in [-0.2, -0.15) is 0 Å². The summed E-state index contributed by atoms with van der Waals surface area (Å²) < 4.78 is 10.9. The molecule has 0 saturated heterocycles. The molecule has 2 aromatic rings. The highest BCUT2D eigenvalue weighted by atomic mass is 16.5. The molecular formula is C18H25NO4. The number of fused-ring (bicyclic) bond motifs is 1. The zero-order chi connectivity index (χ0) is 17.0. The van der Waals surface area contributed by atoms with Crippen LogP contribution in [0.2, 0.25) is 0 Å². The van der Waals surface area contributed by atoms with Crippen LogP contribution >= 0.6 is 0 Å². The highest BCUT2D eigenvalue weighted by Gasteiger charge is 2.27. The number of carbonyl (C=O) groups is 1. The predicted octanol–water partition coefficient (Wildman–Crippen LogP) is 3.28. The van der Waals surface area contributed by atoms with Crippen molar-refractivity contribution in [1.82, 2.24) is 5.32 Å². The highest BCUT2D eigenvalue weighted by molar-refractivity contribution is 6.07. The van der Waals surface area contributed by atoms with Crippen LogP contribution in [0.3, 0.4) is 0 Å². The summed E-state index contributed by atoms with van der Waals surface area (Å²) in [4.78, 5) is 12.6. The molecule has 1 aromatic carbocycles. The van der Waals surface area contributed by atoms with Gasteiger partial charge in [0.15, 0.2) is 0 Å². The summed E-state index contributed by atoms with van der Waals surface area (Å²) in [6.45, 7) is 6.31. The quantitative estimate of drug-likeness (QED) is 0.821. The number of aliphatic hydroxyl groups excluding tert-OH is 1. The van der Waals surface area contributed by atoms with Crippen LogP contribution in [0.15, 0.2) is 22.6 Å². The molecule has 0 radical (unpaired) electrons. The van der Waals surface area contributed by atoms with Gasteiger partial charge in [0.2, 0.25) is 0 Å². The maximum Gasteiger partial charge on any atom is 0.255 e. The van der Waals surface area contributed by atoms with E-state index in [4.69, 9.17) is 9.15 Å². The number of benzene rings is 1. The molecule has 126 valence electrons. The number of carbonyl (C=O) groups excluding carboxylic acids is 1. The number of aryl methyl sites for hydroxylation is 1. The monoisotopic (exact) mass is 319 g/mol. The minimum absolute atomic E-state index is 0.0548. The average Bonchev–Trinajstić information content (AvgIpc) is 2.91. The molecule has 0 aliphatic rings. The fourth-order valence-corrected chi connectivity index (χ4v) is 2.74. The molecule has 23 heavy (non-hydrogen) atoms. The zero-order valence-electron chi connectivity index (χ0n) is 14.2. The van der Waals surface area contributed by atoms with E-state index >= 15 is 0 Å². The molecule has 5 nitrogen and oxygen atoms in total. The second-order valence-corrected chi connectivity index (χ2v) is 5.94. The first-order valence-corrected chi connectivity index (χ1v) is 7.96. The number of amides is 1. The van der Waals surface area contributed by atoms with Gasteiger partial charge in [-0.05, 0) is 38.0 Å². The minimum Gasteiger partial charge on any atom is -0.497 e. The molecule has 0 bridgehead atoms. The van der Waals surface area contributed by atoms with E-state index < -0.39 is 0 Å². The summed E-state index contributed by atoms with van der Waals surface area (Å²) in [7, 11) is 1.59. The van der Waals surface area contributed by atoms with E-state index in [1.165, 1.54) is 0 Å². The van der Waals surface area contributed by atoms with E-state index in [9.17, 15) is 9.90 Å². The number of nitrogens with one attached hydrogen (secondary N) is 1. The molecule has 0 aliphatic heterocycles. The summed E-state index contributed by atoms with van der Waals surface area (Å²) in [5.41, 5.74) is 0.909. The van der Waals surface area contributed by atoms with E-state index in [1.807, 2.05) is 13.8 Å². The number of hydrogen-bond acceptors (Lipinski definition) is 4. The van der Waals surface area contributed by atoms with Crippen molar-refractivity contribution < 1.29 is 19.1 Å². The Morgan fingerprint density at radius 3 is 2.61 bits per heavy atom. The van der Waals surface area contributed by atoms with Gasteiger partial charge in [-0.25, -0.2) is 0 Å². The van der Waals surface area contributed by atoms with Crippen molar-refractivity contribution in [1.29, 1.82) is 0 Å². The number of aliphatic hydroxyl groups is 1. The standard InChI is InChI=1S/C18H25NO4/c1-5-18(6-2,11-20)10-19-17(21)16-12(3)23-15-8-7-13(22-4)9-14(15)16/h7-9,20H,5-6,10-11H2,1-4H3,(H,19,21). The first-order chi connectivity index (χ1) is 11.0. The second kappa shape index (κ2) is 7.04. The Bertz CT molecular complexity index is 677. The van der Waals surface area contributed by atoms with Crippen LogP contribution in [-0.4, -0.2) is 31.3 Å². The molecular weight excluding hydrogens is 294 g/mol. The lowest BCUT2D eigenvalue weighted by atomic mass is 9.83. The van der Waals surface area contributed by atoms with Crippen LogP contribution in [0.5, 0.6) is 5.75 Å². The fourth-order valence-electron chi connectivity index (χ4n) is 2.74. The molecule has 2 N–H and O–H groups in total. The van der Waals surface area contributed by atoms with Crippen LogP contribution in [-0.2, 0) is 0 Å². The molecule has 1 heterocycles. The fraction of sp³-hybridized carbons (Fsp3) is 0.500. The Balaban J connectivity index is 2.29. The van der Waals surface area contributed by atoms with Gasteiger partial charge < -0.3 is 19.6 Å². The predicted molar refractivity (Wildman–Crippen MR) is 89.9 cm³/mol. The van der Waals surface area contributed by atoms with E-state index in [-0.39, 0.29) is 17.9 Å². The highest BCUT2D eigenvalue weighted by Crippen LogP contribution is 2.30. The van der Waals surface area contributed by atoms with Gasteiger partial charge in [-0.15, -0.1) is 0 Å². The molecule has 0 unspecified atom stereocenters. The lowest BCUT2D eigenvalue weighted by Gasteiger charge is -2.29. The summed E-state index contributed by atoms with van der Waals surface area (Å²) in [5, 5.41) is 13.3. The Labute approximate surface area is 136 Å². The van der Waals surface area contributed by atoms with Crippen LogP contribution in [0, 0.1) is 12.3 Å². The van der Waals surface area contributed by atoms with Gasteiger partial charge in [0.05, 0.1) is 19.3 Å². The van der Waals surface area contributed by atoms with Gasteiger partial charge in [0, 0.05) is 17.3 Å². The summed E-state index contributed by atoms with van der Waals surface area (Å²) in [5.74, 6) is 1.07. The van der Waals surface area contributed by atoms with E-state index in [1.54, 1.807) is 32.2 Å². The number of hydrogen-bond donors (Lipinski definition) is 2. The molecule has 0 aliphatic carbocycles. The van der Waals surface area contributed by atoms with Crippen molar-refractivity contribution in [2.75, 3.05) is 20.3 Å². The van der Waals surface area contributed by atoms with Crippen LogP contribution < -0.4 is 10.1 Å². The third-order valence-electron chi connectivity index (χ3n) is 4.76. The maximum atomic E-state index is 12.6. The van der Waals surface area contributed by atoms with Crippen molar-refractivity contribution >= 4 is 16.9 Å². The van der Waals surface area contributed by atoms with E-state index in [0.717, 1.165) is 18.2 Å². The number of rotatable bonds is 7. The molecule has 1 aromatic heterocycles. The Morgan fingerprint density at radius 2 is 2.04 bits per heavy atom. The normalized spacial score (nSPS) is 11.7. The SMILES string of the molecule is CCC(CC)(CO)CNC(=O)c1c(C)oc2ccc(OC)cc12. The van der Waals surface area contributed by atoms with E-state index in [2.05, 4.69) is 5.32 Å². The Hall–Kier alpha value is -2.01. The van der Waals surface area contributed by atoms with Crippen molar-refractivity contribution in [2.45, 2.75) is 33.6 Å². The molecule has 5 heteroatoms. The van der Waals surface area contributed by atoms with Crippen LogP contribution in [0.4, 0.5) is 0 Å². The van der Waals surface area contributed by atoms with Gasteiger partial charge in [-0.3, -0.25) is 4.79 Å². The molecule has 0 fully saturated rings. The van der Waals surface area contributed by atoms with Gasteiger partial charge in [-0.1, -0.05) is 13.8 Å². The average molecular weight is 319 g/mol. The topological polar surface area (TPSA) is 71.7 Å². The third kappa shape index (κ3) is 3.34. The number of ether oxygens (including phenoxy) is 1. The largest absolute Gasteiger partial charge is 0.497 e. The second-order valence-electron chi connectivity index (χ2n) is 5.94. The van der Waals surface area contributed by atoms with Gasteiger partial charge in [0.1, 0.15) is 17.1 Å². The van der Waals surface area contributed by atoms with Crippen molar-refractivity contribution in [2.24, 2.45) is 5.41 Å². The first-order valence-electron chi connectivity index (χ1n) is 7.96. The lowest BCUT2D eigenvalue weighted by molar-refractivity contribution is 0.0851. The summed E-state index contributed by atoms with van der Waals surface area (Å²) in [6.07, 6.45) is 1.61. The van der Waals surface area contributed by atoms with Gasteiger partial charge >= 0.3 is 0 Å². The Morgan fingerprint density at radius 1 is 1.35 bits per heavy atom. The molecule has 2 rings (SSSR count). The molecule has 0 spiro atoms. The van der Waals surface area contributed by atoms with Gasteiger partial charge in [0.25, 0.3) is 5.91 Å². The smallest absolute Gasteiger partial charge is 0.255 e. The first kappa shape index (κ1) is 17.3. The summed E-state index contributed by atoms with van der Waals surface area (Å²) in [6, 6.07) is 5.41. The Kier molecular flexibility index (Phi) is 5.31.